The molecule has 2 aliphatic rings. The Kier molecular flexibility index (Phi) is 5.70. The van der Waals surface area contributed by atoms with Gasteiger partial charge in [0.2, 0.25) is 0 Å². The number of hydrogen-bond acceptors (Lipinski definition) is 5. The molecule has 1 aromatic rings. The molecule has 0 saturated heterocycles. The van der Waals surface area contributed by atoms with Crippen molar-refractivity contribution < 1.29 is 18.8 Å². The molecule has 0 aromatic carbocycles. The molecule has 0 atom stereocenters. The molecule has 5 nitrogen and oxygen atoms in total. The topological polar surface area (TPSA) is 61.6 Å². The second kappa shape index (κ2) is 7.95. The molecule has 2 fully saturated rings. The third-order valence-electron chi connectivity index (χ3n) is 4.85. The van der Waals surface area contributed by atoms with Crippen LogP contribution in [-0.4, -0.2) is 23.3 Å². The average Bonchev–Trinajstić information content (AvgIpc) is 3.27. The summed E-state index contributed by atoms with van der Waals surface area (Å²) in [4.78, 5) is 12.6. The first-order valence-corrected chi connectivity index (χ1v) is 9.08. The van der Waals surface area contributed by atoms with Crippen molar-refractivity contribution in [2.75, 3.05) is 0 Å². The maximum absolute atomic E-state index is 12.6. The Morgan fingerprint density at radius 1 is 1.13 bits per heavy atom. The molecule has 0 N–H and O–H groups in total. The molecule has 0 bridgehead atoms. The summed E-state index contributed by atoms with van der Waals surface area (Å²) in [6, 6.07) is 0. The van der Waals surface area contributed by atoms with Crippen LogP contribution in [-0.2, 0) is 22.5 Å². The number of aromatic nitrogens is 1. The zero-order valence-electron chi connectivity index (χ0n) is 14.0. The highest BCUT2D eigenvalue weighted by molar-refractivity contribution is 5.91. The van der Waals surface area contributed by atoms with Crippen molar-refractivity contribution in [2.24, 2.45) is 0 Å². The van der Waals surface area contributed by atoms with Crippen LogP contribution >= 0.6 is 0 Å². The van der Waals surface area contributed by atoms with Gasteiger partial charge in [-0.15, -0.1) is 0 Å². The van der Waals surface area contributed by atoms with Crippen LogP contribution in [0.4, 0.5) is 0 Å². The molecule has 2 aliphatic carbocycles. The summed E-state index contributed by atoms with van der Waals surface area (Å²) in [5.74, 6) is 0.354. The first kappa shape index (κ1) is 16.5. The lowest BCUT2D eigenvalue weighted by Crippen LogP contribution is -2.18. The normalized spacial score (nSPS) is 19.5. The standard InChI is InChI=1S/C18H27NO4/c1-2-7-16-17(18(20)22-14-10-5-6-11-14)15(19-23-16)12-21-13-8-3-4-9-13/h13-14H,2-12H2,1H3. The zero-order valence-corrected chi connectivity index (χ0v) is 14.0. The minimum Gasteiger partial charge on any atom is -0.459 e. The maximum Gasteiger partial charge on any atom is 0.344 e. The Labute approximate surface area is 137 Å². The number of ether oxygens (including phenoxy) is 2. The van der Waals surface area contributed by atoms with Gasteiger partial charge in [-0.05, 0) is 44.9 Å². The predicted octanol–water partition coefficient (Wildman–Crippen LogP) is 4.19. The molecule has 0 unspecified atom stereocenters. The third-order valence-corrected chi connectivity index (χ3v) is 4.85. The van der Waals surface area contributed by atoms with Crippen molar-refractivity contribution in [1.82, 2.24) is 5.16 Å². The van der Waals surface area contributed by atoms with Gasteiger partial charge in [0.05, 0.1) is 12.7 Å². The molecule has 0 spiro atoms. The first-order chi connectivity index (χ1) is 11.3. The molecule has 0 radical (unpaired) electrons. The zero-order chi connectivity index (χ0) is 16.1. The number of nitrogens with zero attached hydrogens (tertiary/aromatic N) is 1. The molecule has 3 rings (SSSR count). The number of carbonyl (C=O) groups excluding carboxylic acids is 1. The number of hydrogen-bond donors (Lipinski definition) is 0. The quantitative estimate of drug-likeness (QED) is 0.705. The largest absolute Gasteiger partial charge is 0.459 e. The highest BCUT2D eigenvalue weighted by Crippen LogP contribution is 2.26. The van der Waals surface area contributed by atoms with E-state index in [1.54, 1.807) is 0 Å². The van der Waals surface area contributed by atoms with Gasteiger partial charge in [-0.3, -0.25) is 0 Å². The van der Waals surface area contributed by atoms with Crippen LogP contribution in [0.25, 0.3) is 0 Å². The molecular weight excluding hydrogens is 294 g/mol. The Morgan fingerprint density at radius 3 is 2.43 bits per heavy atom. The fourth-order valence-electron chi connectivity index (χ4n) is 3.56. The van der Waals surface area contributed by atoms with Crippen molar-refractivity contribution >= 4 is 5.97 Å². The predicted molar refractivity (Wildman–Crippen MR) is 85.2 cm³/mol. The lowest BCUT2D eigenvalue weighted by atomic mass is 10.1. The van der Waals surface area contributed by atoms with E-state index in [0.29, 0.717) is 36.1 Å². The summed E-state index contributed by atoms with van der Waals surface area (Å²) in [6.45, 7) is 2.40. The summed E-state index contributed by atoms with van der Waals surface area (Å²) in [6.07, 6.45) is 10.8. The molecule has 5 heteroatoms. The molecule has 2 saturated carbocycles. The Morgan fingerprint density at radius 2 is 1.78 bits per heavy atom. The second-order valence-corrected chi connectivity index (χ2v) is 6.71. The Bertz CT molecular complexity index is 513. The monoisotopic (exact) mass is 321 g/mol. The van der Waals surface area contributed by atoms with Gasteiger partial charge < -0.3 is 14.0 Å². The van der Waals surface area contributed by atoms with Crippen molar-refractivity contribution in [2.45, 2.75) is 89.9 Å². The Hall–Kier alpha value is -1.36. The van der Waals surface area contributed by atoms with Crippen LogP contribution in [0.3, 0.4) is 0 Å². The van der Waals surface area contributed by atoms with Crippen LogP contribution in [0, 0.1) is 0 Å². The van der Waals surface area contributed by atoms with Crippen LogP contribution in [0.1, 0.15) is 86.5 Å². The summed E-state index contributed by atoms with van der Waals surface area (Å²) >= 11 is 0. The van der Waals surface area contributed by atoms with E-state index < -0.39 is 0 Å². The van der Waals surface area contributed by atoms with Gasteiger partial charge in [0, 0.05) is 6.42 Å². The Balaban J connectivity index is 1.68. The molecule has 128 valence electrons. The average molecular weight is 321 g/mol. The van der Waals surface area contributed by atoms with E-state index >= 15 is 0 Å². The summed E-state index contributed by atoms with van der Waals surface area (Å²) < 4.78 is 17.0. The molecule has 1 heterocycles. The number of carbonyl (C=O) groups is 1. The third kappa shape index (κ3) is 4.14. The van der Waals surface area contributed by atoms with Gasteiger partial charge in [-0.25, -0.2) is 4.79 Å². The van der Waals surface area contributed by atoms with Crippen LogP contribution in [0.15, 0.2) is 4.52 Å². The second-order valence-electron chi connectivity index (χ2n) is 6.71. The van der Waals surface area contributed by atoms with E-state index in [2.05, 4.69) is 12.1 Å². The van der Waals surface area contributed by atoms with E-state index in [1.807, 2.05) is 0 Å². The van der Waals surface area contributed by atoms with Gasteiger partial charge in [0.1, 0.15) is 17.4 Å². The number of rotatable bonds is 7. The van der Waals surface area contributed by atoms with E-state index in [0.717, 1.165) is 44.9 Å². The summed E-state index contributed by atoms with van der Waals surface area (Å²) in [5, 5.41) is 4.09. The van der Waals surface area contributed by atoms with E-state index in [4.69, 9.17) is 14.0 Å². The molecule has 0 amide bonds. The number of aryl methyl sites for hydroxylation is 1. The van der Waals surface area contributed by atoms with Crippen molar-refractivity contribution in [3.63, 3.8) is 0 Å². The van der Waals surface area contributed by atoms with E-state index in [9.17, 15) is 4.79 Å². The van der Waals surface area contributed by atoms with E-state index in [1.165, 1.54) is 12.8 Å². The summed E-state index contributed by atoms with van der Waals surface area (Å²) in [5.41, 5.74) is 1.11. The lowest BCUT2D eigenvalue weighted by molar-refractivity contribution is 0.0285. The van der Waals surface area contributed by atoms with Crippen molar-refractivity contribution in [3.8, 4) is 0 Å². The maximum atomic E-state index is 12.6. The molecule has 23 heavy (non-hydrogen) atoms. The fraction of sp³-hybridized carbons (Fsp3) is 0.778. The first-order valence-electron chi connectivity index (χ1n) is 9.08. The highest BCUT2D eigenvalue weighted by atomic mass is 16.5. The number of esters is 1. The van der Waals surface area contributed by atoms with Gasteiger partial charge in [-0.2, -0.15) is 0 Å². The smallest absolute Gasteiger partial charge is 0.344 e. The minimum absolute atomic E-state index is 0.0514. The van der Waals surface area contributed by atoms with Crippen molar-refractivity contribution in [1.29, 1.82) is 0 Å². The lowest BCUT2D eigenvalue weighted by Gasteiger charge is -2.13. The van der Waals surface area contributed by atoms with Crippen LogP contribution < -0.4 is 0 Å². The highest BCUT2D eigenvalue weighted by Gasteiger charge is 2.28. The minimum atomic E-state index is -0.286. The van der Waals surface area contributed by atoms with E-state index in [-0.39, 0.29) is 12.1 Å². The molecular formula is C18H27NO4. The van der Waals surface area contributed by atoms with Crippen molar-refractivity contribution in [3.05, 3.63) is 17.0 Å². The van der Waals surface area contributed by atoms with Crippen LogP contribution in [0.2, 0.25) is 0 Å². The fourth-order valence-corrected chi connectivity index (χ4v) is 3.56. The van der Waals surface area contributed by atoms with Gasteiger partial charge in [-0.1, -0.05) is 24.9 Å². The van der Waals surface area contributed by atoms with Gasteiger partial charge in [0.15, 0.2) is 5.76 Å². The van der Waals surface area contributed by atoms with Gasteiger partial charge in [0.25, 0.3) is 0 Å². The van der Waals surface area contributed by atoms with Gasteiger partial charge >= 0.3 is 5.97 Å². The summed E-state index contributed by atoms with van der Waals surface area (Å²) in [7, 11) is 0. The van der Waals surface area contributed by atoms with Crippen LogP contribution in [0.5, 0.6) is 0 Å². The molecule has 1 aromatic heterocycles. The SMILES string of the molecule is CCCc1onc(COC2CCCC2)c1C(=O)OC1CCCC1. The molecule has 0 aliphatic heterocycles.